The molecule has 0 spiro atoms. The molecule has 0 aromatic rings. The first-order valence-electron chi connectivity index (χ1n) is 6.40. The van der Waals surface area contributed by atoms with Crippen LogP contribution in [0.15, 0.2) is 0 Å². The maximum Gasteiger partial charge on any atom is 0.0240 e. The quantitative estimate of drug-likeness (QED) is 0.668. The molecule has 2 nitrogen and oxygen atoms in total. The zero-order valence-electron chi connectivity index (χ0n) is 11.5. The molecule has 0 aromatic carbocycles. The maximum atomic E-state index is 3.46. The van der Waals surface area contributed by atoms with Gasteiger partial charge >= 0.3 is 0 Å². The van der Waals surface area contributed by atoms with E-state index in [1.54, 1.807) is 0 Å². The van der Waals surface area contributed by atoms with Crippen molar-refractivity contribution in [2.45, 2.75) is 47.1 Å². The molecule has 0 amide bonds. The average Bonchev–Trinajstić information content (AvgIpc) is 2.14. The van der Waals surface area contributed by atoms with E-state index in [9.17, 15) is 0 Å². The minimum atomic E-state index is 0.670. The van der Waals surface area contributed by atoms with Crippen LogP contribution in [0.4, 0.5) is 0 Å². The highest BCUT2D eigenvalue weighted by Gasteiger charge is 2.17. The van der Waals surface area contributed by atoms with Crippen LogP contribution in [-0.4, -0.2) is 37.6 Å². The van der Waals surface area contributed by atoms with Crippen molar-refractivity contribution in [1.82, 2.24) is 10.2 Å². The highest BCUT2D eigenvalue weighted by molar-refractivity contribution is 4.74. The lowest BCUT2D eigenvalue weighted by atomic mass is 10.0. The SMILES string of the molecule is CCNCC(C(C)C)N(C)CCC(C)C. The second kappa shape index (κ2) is 8.12. The first-order valence-corrected chi connectivity index (χ1v) is 6.40. The van der Waals surface area contributed by atoms with Crippen molar-refractivity contribution in [2.24, 2.45) is 11.8 Å². The Balaban J connectivity index is 3.98. The summed E-state index contributed by atoms with van der Waals surface area (Å²) >= 11 is 0. The third-order valence-corrected chi connectivity index (χ3v) is 3.00. The van der Waals surface area contributed by atoms with E-state index in [0.29, 0.717) is 6.04 Å². The van der Waals surface area contributed by atoms with E-state index in [2.05, 4.69) is 51.9 Å². The largest absolute Gasteiger partial charge is 0.315 e. The van der Waals surface area contributed by atoms with E-state index in [-0.39, 0.29) is 0 Å². The predicted octanol–water partition coefficient (Wildman–Crippen LogP) is 2.60. The van der Waals surface area contributed by atoms with Crippen LogP contribution < -0.4 is 5.32 Å². The minimum absolute atomic E-state index is 0.670. The Labute approximate surface area is 96.4 Å². The van der Waals surface area contributed by atoms with Gasteiger partial charge in [0.25, 0.3) is 0 Å². The molecule has 2 heteroatoms. The van der Waals surface area contributed by atoms with Crippen LogP contribution in [-0.2, 0) is 0 Å². The van der Waals surface area contributed by atoms with Crippen molar-refractivity contribution in [3.8, 4) is 0 Å². The van der Waals surface area contributed by atoms with Crippen molar-refractivity contribution in [2.75, 3.05) is 26.7 Å². The van der Waals surface area contributed by atoms with Crippen molar-refractivity contribution in [3.63, 3.8) is 0 Å². The highest BCUT2D eigenvalue weighted by atomic mass is 15.1. The number of rotatable bonds is 8. The normalized spacial score (nSPS) is 14.2. The monoisotopic (exact) mass is 214 g/mol. The fourth-order valence-corrected chi connectivity index (χ4v) is 1.82. The predicted molar refractivity (Wildman–Crippen MR) is 69.3 cm³/mol. The van der Waals surface area contributed by atoms with E-state index >= 15 is 0 Å². The summed E-state index contributed by atoms with van der Waals surface area (Å²) in [7, 11) is 2.25. The molecular formula is C13H30N2. The number of nitrogens with one attached hydrogen (secondary N) is 1. The Kier molecular flexibility index (Phi) is 8.07. The van der Waals surface area contributed by atoms with Crippen molar-refractivity contribution < 1.29 is 0 Å². The molecule has 92 valence electrons. The molecule has 0 rings (SSSR count). The summed E-state index contributed by atoms with van der Waals surface area (Å²) < 4.78 is 0. The van der Waals surface area contributed by atoms with Gasteiger partial charge in [0.2, 0.25) is 0 Å². The van der Waals surface area contributed by atoms with Gasteiger partial charge < -0.3 is 10.2 Å². The zero-order chi connectivity index (χ0) is 11.8. The minimum Gasteiger partial charge on any atom is -0.315 e. The molecule has 0 aliphatic rings. The molecule has 0 aromatic heterocycles. The summed E-state index contributed by atoms with van der Waals surface area (Å²) in [6.45, 7) is 14.8. The van der Waals surface area contributed by atoms with E-state index < -0.39 is 0 Å². The molecule has 0 radical (unpaired) electrons. The second-order valence-corrected chi connectivity index (χ2v) is 5.28. The summed E-state index contributed by atoms with van der Waals surface area (Å²) in [6, 6.07) is 0.670. The summed E-state index contributed by atoms with van der Waals surface area (Å²) in [5.41, 5.74) is 0. The lowest BCUT2D eigenvalue weighted by molar-refractivity contribution is 0.179. The van der Waals surface area contributed by atoms with Gasteiger partial charge in [-0.05, 0) is 38.4 Å². The van der Waals surface area contributed by atoms with Crippen molar-refractivity contribution in [3.05, 3.63) is 0 Å². The van der Waals surface area contributed by atoms with Gasteiger partial charge in [0.05, 0.1) is 0 Å². The van der Waals surface area contributed by atoms with Crippen LogP contribution in [0.2, 0.25) is 0 Å². The third kappa shape index (κ3) is 6.91. The lowest BCUT2D eigenvalue weighted by Crippen LogP contribution is -2.44. The number of hydrogen-bond acceptors (Lipinski definition) is 2. The van der Waals surface area contributed by atoms with E-state index in [0.717, 1.165) is 24.9 Å². The van der Waals surface area contributed by atoms with Gasteiger partial charge in [0.1, 0.15) is 0 Å². The van der Waals surface area contributed by atoms with E-state index in [1.165, 1.54) is 13.0 Å². The number of hydrogen-bond donors (Lipinski definition) is 1. The molecular weight excluding hydrogens is 184 g/mol. The van der Waals surface area contributed by atoms with Gasteiger partial charge in [-0.25, -0.2) is 0 Å². The van der Waals surface area contributed by atoms with Gasteiger partial charge in [0, 0.05) is 12.6 Å². The summed E-state index contributed by atoms with van der Waals surface area (Å²) in [4.78, 5) is 2.51. The molecule has 0 saturated carbocycles. The highest BCUT2D eigenvalue weighted by Crippen LogP contribution is 2.10. The Hall–Kier alpha value is -0.0800. The Bertz CT molecular complexity index is 143. The maximum absolute atomic E-state index is 3.46. The van der Waals surface area contributed by atoms with E-state index in [1.807, 2.05) is 0 Å². The van der Waals surface area contributed by atoms with Crippen molar-refractivity contribution in [1.29, 1.82) is 0 Å². The average molecular weight is 214 g/mol. The van der Waals surface area contributed by atoms with Gasteiger partial charge in [-0.2, -0.15) is 0 Å². The summed E-state index contributed by atoms with van der Waals surface area (Å²) in [6.07, 6.45) is 1.30. The van der Waals surface area contributed by atoms with Gasteiger partial charge in [-0.1, -0.05) is 34.6 Å². The molecule has 1 unspecified atom stereocenters. The van der Waals surface area contributed by atoms with Crippen LogP contribution in [0, 0.1) is 11.8 Å². The fraction of sp³-hybridized carbons (Fsp3) is 1.00. The second-order valence-electron chi connectivity index (χ2n) is 5.28. The molecule has 1 N–H and O–H groups in total. The summed E-state index contributed by atoms with van der Waals surface area (Å²) in [5, 5.41) is 3.46. The Morgan fingerprint density at radius 1 is 1.13 bits per heavy atom. The molecule has 0 aliphatic heterocycles. The molecule has 15 heavy (non-hydrogen) atoms. The van der Waals surface area contributed by atoms with Gasteiger partial charge in [-0.3, -0.25) is 0 Å². The molecule has 0 bridgehead atoms. The molecule has 0 fully saturated rings. The van der Waals surface area contributed by atoms with Crippen molar-refractivity contribution >= 4 is 0 Å². The van der Waals surface area contributed by atoms with E-state index in [4.69, 9.17) is 0 Å². The first kappa shape index (κ1) is 14.9. The topological polar surface area (TPSA) is 15.3 Å². The standard InChI is InChI=1S/C13H30N2/c1-7-14-10-13(12(4)5)15(6)9-8-11(2)3/h11-14H,7-10H2,1-6H3. The summed E-state index contributed by atoms with van der Waals surface area (Å²) in [5.74, 6) is 1.53. The van der Waals surface area contributed by atoms with Crippen LogP contribution >= 0.6 is 0 Å². The van der Waals surface area contributed by atoms with Gasteiger partial charge in [-0.15, -0.1) is 0 Å². The third-order valence-electron chi connectivity index (χ3n) is 3.00. The lowest BCUT2D eigenvalue weighted by Gasteiger charge is -2.32. The smallest absolute Gasteiger partial charge is 0.0240 e. The van der Waals surface area contributed by atoms with Crippen LogP contribution in [0.3, 0.4) is 0 Å². The molecule has 0 aliphatic carbocycles. The zero-order valence-corrected chi connectivity index (χ0v) is 11.5. The number of likely N-dealkylation sites (N-methyl/N-ethyl adjacent to an activating group) is 2. The van der Waals surface area contributed by atoms with Crippen LogP contribution in [0.1, 0.15) is 41.0 Å². The van der Waals surface area contributed by atoms with Crippen LogP contribution in [0.25, 0.3) is 0 Å². The number of nitrogens with zero attached hydrogens (tertiary/aromatic N) is 1. The fourth-order valence-electron chi connectivity index (χ4n) is 1.82. The molecule has 0 saturated heterocycles. The van der Waals surface area contributed by atoms with Crippen LogP contribution in [0.5, 0.6) is 0 Å². The molecule has 0 heterocycles. The Morgan fingerprint density at radius 2 is 1.73 bits per heavy atom. The van der Waals surface area contributed by atoms with Gasteiger partial charge in [0.15, 0.2) is 0 Å². The molecule has 1 atom stereocenters. The first-order chi connectivity index (χ1) is 6.99. The Morgan fingerprint density at radius 3 is 2.13 bits per heavy atom.